The van der Waals surface area contributed by atoms with Gasteiger partial charge in [0.25, 0.3) is 0 Å². The first-order valence-electron chi connectivity index (χ1n) is 7.76. The number of para-hydroxylation sites is 2. The predicted octanol–water partition coefficient (Wildman–Crippen LogP) is 0.656. The molecule has 1 atom stereocenters. The molecular formula is C16H22N4O2. The van der Waals surface area contributed by atoms with Gasteiger partial charge in [0.05, 0.1) is 17.9 Å². The van der Waals surface area contributed by atoms with Crippen LogP contribution in [0.3, 0.4) is 0 Å². The lowest BCUT2D eigenvalue weighted by Crippen LogP contribution is -2.50. The summed E-state index contributed by atoms with van der Waals surface area (Å²) >= 11 is 0. The SMILES string of the molecule is CNC1CCCN(CC(=O)N2CC(=O)Nc3ccccc32)C1. The summed E-state index contributed by atoms with van der Waals surface area (Å²) in [7, 11) is 1.96. The van der Waals surface area contributed by atoms with Crippen LogP contribution in [0, 0.1) is 0 Å². The van der Waals surface area contributed by atoms with Gasteiger partial charge >= 0.3 is 0 Å². The molecule has 1 fully saturated rings. The van der Waals surface area contributed by atoms with Crippen molar-refractivity contribution in [1.29, 1.82) is 0 Å². The number of nitrogens with zero attached hydrogens (tertiary/aromatic N) is 2. The van der Waals surface area contributed by atoms with E-state index in [1.807, 2.05) is 31.3 Å². The number of fused-ring (bicyclic) bond motifs is 1. The molecule has 1 unspecified atom stereocenters. The van der Waals surface area contributed by atoms with Crippen LogP contribution in [0.25, 0.3) is 0 Å². The molecular weight excluding hydrogens is 280 g/mol. The summed E-state index contributed by atoms with van der Waals surface area (Å²) in [6.07, 6.45) is 2.24. The molecule has 118 valence electrons. The number of carbonyl (C=O) groups is 2. The number of nitrogens with one attached hydrogen (secondary N) is 2. The van der Waals surface area contributed by atoms with Crippen molar-refractivity contribution in [3.63, 3.8) is 0 Å². The van der Waals surface area contributed by atoms with Gasteiger partial charge in [0, 0.05) is 12.6 Å². The average molecular weight is 302 g/mol. The van der Waals surface area contributed by atoms with Gasteiger partial charge < -0.3 is 10.6 Å². The second-order valence-corrected chi connectivity index (χ2v) is 5.91. The average Bonchev–Trinajstić information content (AvgIpc) is 2.54. The third-order valence-corrected chi connectivity index (χ3v) is 4.34. The number of likely N-dealkylation sites (N-methyl/N-ethyl adjacent to an activating group) is 1. The third kappa shape index (κ3) is 3.13. The largest absolute Gasteiger partial charge is 0.323 e. The van der Waals surface area contributed by atoms with E-state index in [9.17, 15) is 9.59 Å². The summed E-state index contributed by atoms with van der Waals surface area (Å²) in [5, 5.41) is 6.09. The van der Waals surface area contributed by atoms with Crippen molar-refractivity contribution in [1.82, 2.24) is 10.2 Å². The van der Waals surface area contributed by atoms with Crippen molar-refractivity contribution in [2.24, 2.45) is 0 Å². The Morgan fingerprint density at radius 1 is 1.41 bits per heavy atom. The van der Waals surface area contributed by atoms with Crippen LogP contribution in [-0.2, 0) is 9.59 Å². The quantitative estimate of drug-likeness (QED) is 0.861. The molecule has 2 aliphatic rings. The molecule has 2 N–H and O–H groups in total. The van der Waals surface area contributed by atoms with E-state index in [1.54, 1.807) is 4.90 Å². The van der Waals surface area contributed by atoms with Crippen LogP contribution < -0.4 is 15.5 Å². The minimum atomic E-state index is -0.140. The number of hydrogen-bond acceptors (Lipinski definition) is 4. The first-order valence-corrected chi connectivity index (χ1v) is 7.76. The number of rotatable bonds is 3. The highest BCUT2D eigenvalue weighted by Gasteiger charge is 2.28. The van der Waals surface area contributed by atoms with E-state index in [-0.39, 0.29) is 18.4 Å². The summed E-state index contributed by atoms with van der Waals surface area (Å²) in [5.41, 5.74) is 1.49. The minimum Gasteiger partial charge on any atom is -0.323 e. The van der Waals surface area contributed by atoms with Crippen molar-refractivity contribution in [3.8, 4) is 0 Å². The van der Waals surface area contributed by atoms with Gasteiger partial charge in [-0.15, -0.1) is 0 Å². The molecule has 0 saturated carbocycles. The molecule has 2 amide bonds. The predicted molar refractivity (Wildman–Crippen MR) is 85.9 cm³/mol. The Kier molecular flexibility index (Phi) is 4.40. The number of carbonyl (C=O) groups excluding carboxylic acids is 2. The van der Waals surface area contributed by atoms with Crippen molar-refractivity contribution < 1.29 is 9.59 Å². The van der Waals surface area contributed by atoms with E-state index in [2.05, 4.69) is 15.5 Å². The van der Waals surface area contributed by atoms with E-state index in [0.717, 1.165) is 31.6 Å². The highest BCUT2D eigenvalue weighted by Crippen LogP contribution is 2.29. The van der Waals surface area contributed by atoms with Crippen molar-refractivity contribution in [2.45, 2.75) is 18.9 Å². The number of amides is 2. The van der Waals surface area contributed by atoms with Crippen LogP contribution >= 0.6 is 0 Å². The maximum absolute atomic E-state index is 12.7. The van der Waals surface area contributed by atoms with Crippen LogP contribution in [0.1, 0.15) is 12.8 Å². The monoisotopic (exact) mass is 302 g/mol. The first kappa shape index (κ1) is 15.0. The fourth-order valence-corrected chi connectivity index (χ4v) is 3.17. The number of benzene rings is 1. The summed E-state index contributed by atoms with van der Waals surface area (Å²) in [6, 6.07) is 7.88. The van der Waals surface area contributed by atoms with Gasteiger partial charge in [-0.2, -0.15) is 0 Å². The fourth-order valence-electron chi connectivity index (χ4n) is 3.17. The van der Waals surface area contributed by atoms with Gasteiger partial charge in [-0.05, 0) is 38.6 Å². The molecule has 0 bridgehead atoms. The molecule has 6 heteroatoms. The number of hydrogen-bond donors (Lipinski definition) is 2. The fraction of sp³-hybridized carbons (Fsp3) is 0.500. The number of likely N-dealkylation sites (tertiary alicyclic amines) is 1. The van der Waals surface area contributed by atoms with Gasteiger partial charge in [0.15, 0.2) is 0 Å². The maximum Gasteiger partial charge on any atom is 0.244 e. The zero-order chi connectivity index (χ0) is 15.5. The van der Waals surface area contributed by atoms with Crippen molar-refractivity contribution in [2.75, 3.05) is 43.4 Å². The van der Waals surface area contributed by atoms with Crippen LogP contribution in [0.5, 0.6) is 0 Å². The highest BCUT2D eigenvalue weighted by molar-refractivity contribution is 6.10. The van der Waals surface area contributed by atoms with Gasteiger partial charge in [-0.25, -0.2) is 0 Å². The standard InChI is InChI=1S/C16H22N4O2/c1-17-12-5-4-8-19(9-12)11-16(22)20-10-15(21)18-13-6-2-3-7-14(13)20/h2-3,6-7,12,17H,4-5,8-11H2,1H3,(H,18,21). The van der Waals surface area contributed by atoms with Gasteiger partial charge in [0.1, 0.15) is 6.54 Å². The van der Waals surface area contributed by atoms with E-state index < -0.39 is 0 Å². The smallest absolute Gasteiger partial charge is 0.244 e. The summed E-state index contributed by atoms with van der Waals surface area (Å²) in [6.45, 7) is 2.27. The lowest BCUT2D eigenvalue weighted by molar-refractivity contribution is -0.122. The topological polar surface area (TPSA) is 64.7 Å². The highest BCUT2D eigenvalue weighted by atomic mass is 16.2. The molecule has 22 heavy (non-hydrogen) atoms. The van der Waals surface area contributed by atoms with Crippen LogP contribution in [-0.4, -0.2) is 56.0 Å². The Hall–Kier alpha value is -1.92. The lowest BCUT2D eigenvalue weighted by atomic mass is 10.1. The Morgan fingerprint density at radius 3 is 3.05 bits per heavy atom. The second-order valence-electron chi connectivity index (χ2n) is 5.91. The van der Waals surface area contributed by atoms with Crippen LogP contribution in [0.15, 0.2) is 24.3 Å². The molecule has 1 saturated heterocycles. The van der Waals surface area contributed by atoms with E-state index in [4.69, 9.17) is 0 Å². The second kappa shape index (κ2) is 6.46. The minimum absolute atomic E-state index is 0.0148. The molecule has 2 heterocycles. The third-order valence-electron chi connectivity index (χ3n) is 4.34. The molecule has 0 radical (unpaired) electrons. The summed E-state index contributed by atoms with van der Waals surface area (Å²) in [5.74, 6) is -0.155. The normalized spacial score (nSPS) is 22.1. The Balaban J connectivity index is 1.71. The Labute approximate surface area is 130 Å². The maximum atomic E-state index is 12.7. The summed E-state index contributed by atoms with van der Waals surface area (Å²) < 4.78 is 0. The molecule has 1 aromatic carbocycles. The van der Waals surface area contributed by atoms with E-state index in [0.29, 0.717) is 18.3 Å². The zero-order valence-corrected chi connectivity index (χ0v) is 12.8. The number of piperidine rings is 1. The molecule has 3 rings (SSSR count). The van der Waals surface area contributed by atoms with Crippen molar-refractivity contribution in [3.05, 3.63) is 24.3 Å². The molecule has 0 spiro atoms. The van der Waals surface area contributed by atoms with Gasteiger partial charge in [0.2, 0.25) is 11.8 Å². The number of anilines is 2. The Morgan fingerprint density at radius 2 is 2.23 bits per heavy atom. The van der Waals surface area contributed by atoms with Crippen LogP contribution in [0.4, 0.5) is 11.4 Å². The van der Waals surface area contributed by atoms with Gasteiger partial charge in [-0.3, -0.25) is 19.4 Å². The van der Waals surface area contributed by atoms with Crippen LogP contribution in [0.2, 0.25) is 0 Å². The molecule has 6 nitrogen and oxygen atoms in total. The zero-order valence-electron chi connectivity index (χ0n) is 12.8. The molecule has 1 aromatic rings. The molecule has 2 aliphatic heterocycles. The first-order chi connectivity index (χ1) is 10.7. The van der Waals surface area contributed by atoms with E-state index in [1.165, 1.54) is 0 Å². The molecule has 0 aromatic heterocycles. The van der Waals surface area contributed by atoms with Gasteiger partial charge in [-0.1, -0.05) is 12.1 Å². The Bertz CT molecular complexity index is 575. The summed E-state index contributed by atoms with van der Waals surface area (Å²) in [4.78, 5) is 28.2. The lowest BCUT2D eigenvalue weighted by Gasteiger charge is -2.35. The van der Waals surface area contributed by atoms with Crippen molar-refractivity contribution >= 4 is 23.2 Å². The molecule has 0 aliphatic carbocycles. The van der Waals surface area contributed by atoms with E-state index >= 15 is 0 Å².